The third-order valence-corrected chi connectivity index (χ3v) is 9.17. The minimum Gasteiger partial charge on any atom is -0.294 e. The Morgan fingerprint density at radius 3 is 1.29 bits per heavy atom. The van der Waals surface area contributed by atoms with E-state index in [2.05, 4.69) is 41.5 Å². The van der Waals surface area contributed by atoms with Gasteiger partial charge in [0.2, 0.25) is 0 Å². The third-order valence-electron chi connectivity index (χ3n) is 9.17. The fourth-order valence-electron chi connectivity index (χ4n) is 6.42. The fraction of sp³-hybridized carbons (Fsp3) is 0.727. The lowest BCUT2D eigenvalue weighted by Gasteiger charge is -2.31. The van der Waals surface area contributed by atoms with Gasteiger partial charge in [-0.25, -0.2) is 0 Å². The van der Waals surface area contributed by atoms with Crippen LogP contribution in [0.15, 0.2) is 23.3 Å². The molecule has 130 valence electrons. The molecule has 24 heavy (non-hydrogen) atoms. The molecular formula is C22H30O2. The van der Waals surface area contributed by atoms with Gasteiger partial charge in [0.1, 0.15) is 0 Å². The Kier molecular flexibility index (Phi) is 2.93. The van der Waals surface area contributed by atoms with Crippen molar-refractivity contribution in [3.05, 3.63) is 23.3 Å². The zero-order chi connectivity index (χ0) is 17.7. The molecule has 0 aromatic heterocycles. The lowest BCUT2D eigenvalue weighted by atomic mass is 9.70. The Morgan fingerprint density at radius 2 is 1.04 bits per heavy atom. The molecule has 2 heteroatoms. The first-order valence-corrected chi connectivity index (χ1v) is 9.50. The molecule has 4 aliphatic carbocycles. The second-order valence-corrected chi connectivity index (χ2v) is 10.2. The normalized spacial score (nSPS) is 48.2. The highest BCUT2D eigenvalue weighted by Gasteiger charge is 2.65. The number of carbonyl (C=O) groups is 2. The summed E-state index contributed by atoms with van der Waals surface area (Å²) in [6.45, 7) is 13.2. The summed E-state index contributed by atoms with van der Waals surface area (Å²) >= 11 is 0. The Bertz CT molecular complexity index is 658. The number of Topliss-reactive ketones (excluding diaryl/α,β-unsaturated/α-hetero) is 2. The topological polar surface area (TPSA) is 34.1 Å². The van der Waals surface area contributed by atoms with Crippen LogP contribution in [0.1, 0.15) is 67.2 Å². The zero-order valence-electron chi connectivity index (χ0n) is 16.0. The van der Waals surface area contributed by atoms with Crippen molar-refractivity contribution in [2.45, 2.75) is 67.2 Å². The van der Waals surface area contributed by atoms with E-state index in [9.17, 15) is 9.59 Å². The smallest absolute Gasteiger partial charge is 0.165 e. The van der Waals surface area contributed by atoms with Gasteiger partial charge in [0.15, 0.2) is 11.6 Å². The summed E-state index contributed by atoms with van der Waals surface area (Å²) in [5.74, 6) is 1.34. The van der Waals surface area contributed by atoms with Crippen LogP contribution in [0, 0.1) is 33.5 Å². The molecule has 0 radical (unpaired) electrons. The van der Waals surface area contributed by atoms with Gasteiger partial charge in [0.25, 0.3) is 0 Å². The van der Waals surface area contributed by atoms with Crippen molar-refractivity contribution < 1.29 is 9.59 Å². The standard InChI is InChI=1S/C22H30O2/c1-19(2)15-9-11-21(19,5)17(23)13(15)7-8-14-16-10-12-22(6,18(14)24)20(16,3)4/h7-8,15-16H,9-12H2,1-6H3/b13-7-,14-8+/t15-,16+,21-,22+/m0/s1. The molecule has 4 atom stereocenters. The van der Waals surface area contributed by atoms with Crippen molar-refractivity contribution in [2.24, 2.45) is 33.5 Å². The summed E-state index contributed by atoms with van der Waals surface area (Å²) < 4.78 is 0. The summed E-state index contributed by atoms with van der Waals surface area (Å²) in [4.78, 5) is 25.9. The predicted molar refractivity (Wildman–Crippen MR) is 95.4 cm³/mol. The Hall–Kier alpha value is -1.18. The zero-order valence-corrected chi connectivity index (χ0v) is 16.0. The van der Waals surface area contributed by atoms with Crippen molar-refractivity contribution in [3.8, 4) is 0 Å². The molecule has 0 amide bonds. The van der Waals surface area contributed by atoms with E-state index in [1.54, 1.807) is 0 Å². The first kappa shape index (κ1) is 16.3. The SMILES string of the molecule is CC1(C)[C@H]2CC[C@@]1(C)C(=O)/C2=C\C=C1\C(=O)[C@@]2(C)CC[C@H]1C2(C)C. The minimum atomic E-state index is -0.216. The van der Waals surface area contributed by atoms with Crippen LogP contribution in [0.4, 0.5) is 0 Å². The van der Waals surface area contributed by atoms with Crippen LogP contribution in [-0.4, -0.2) is 11.6 Å². The maximum atomic E-state index is 13.0. The lowest BCUT2D eigenvalue weighted by molar-refractivity contribution is -0.126. The number of allylic oxidation sites excluding steroid dienone is 4. The van der Waals surface area contributed by atoms with Crippen LogP contribution < -0.4 is 0 Å². The van der Waals surface area contributed by atoms with Gasteiger partial charge in [-0.15, -0.1) is 0 Å². The summed E-state index contributed by atoms with van der Waals surface area (Å²) in [5, 5.41) is 0. The van der Waals surface area contributed by atoms with Gasteiger partial charge in [-0.2, -0.15) is 0 Å². The maximum absolute atomic E-state index is 13.0. The molecule has 4 aliphatic rings. The molecule has 0 saturated heterocycles. The molecule has 4 saturated carbocycles. The van der Waals surface area contributed by atoms with Crippen LogP contribution in [-0.2, 0) is 9.59 Å². The molecule has 2 nitrogen and oxygen atoms in total. The lowest BCUT2D eigenvalue weighted by Crippen LogP contribution is -2.32. The van der Waals surface area contributed by atoms with Gasteiger partial charge >= 0.3 is 0 Å². The highest BCUT2D eigenvalue weighted by molar-refractivity contribution is 6.07. The van der Waals surface area contributed by atoms with Gasteiger partial charge in [0.05, 0.1) is 0 Å². The van der Waals surface area contributed by atoms with Gasteiger partial charge in [-0.05, 0) is 59.5 Å². The first-order valence-electron chi connectivity index (χ1n) is 9.50. The van der Waals surface area contributed by atoms with Crippen LogP contribution in [0.5, 0.6) is 0 Å². The molecule has 0 aromatic carbocycles. The van der Waals surface area contributed by atoms with Gasteiger partial charge in [-0.1, -0.05) is 53.7 Å². The van der Waals surface area contributed by atoms with E-state index in [1.165, 1.54) is 0 Å². The van der Waals surface area contributed by atoms with Gasteiger partial charge < -0.3 is 0 Å². The Labute approximate surface area is 145 Å². The van der Waals surface area contributed by atoms with E-state index in [0.29, 0.717) is 23.4 Å². The number of hydrogen-bond acceptors (Lipinski definition) is 2. The predicted octanol–water partition coefficient (Wildman–Crippen LogP) is 4.89. The van der Waals surface area contributed by atoms with Gasteiger partial charge in [0, 0.05) is 10.8 Å². The summed E-state index contributed by atoms with van der Waals surface area (Å²) in [5.41, 5.74) is 1.59. The van der Waals surface area contributed by atoms with Crippen molar-refractivity contribution in [1.82, 2.24) is 0 Å². The second kappa shape index (κ2) is 4.31. The maximum Gasteiger partial charge on any atom is 0.165 e. The molecule has 0 aliphatic heterocycles. The first-order chi connectivity index (χ1) is 11.0. The number of fused-ring (bicyclic) bond motifs is 4. The Balaban J connectivity index is 1.74. The van der Waals surface area contributed by atoms with E-state index in [1.807, 2.05) is 12.2 Å². The van der Waals surface area contributed by atoms with Crippen molar-refractivity contribution in [1.29, 1.82) is 0 Å². The molecule has 0 N–H and O–H groups in total. The van der Waals surface area contributed by atoms with Gasteiger partial charge in [-0.3, -0.25) is 9.59 Å². The molecule has 0 aromatic rings. The fourth-order valence-corrected chi connectivity index (χ4v) is 6.42. The minimum absolute atomic E-state index is 0.0400. The largest absolute Gasteiger partial charge is 0.294 e. The number of ketones is 2. The van der Waals surface area contributed by atoms with E-state index >= 15 is 0 Å². The Morgan fingerprint density at radius 1 is 0.708 bits per heavy atom. The van der Waals surface area contributed by atoms with Crippen molar-refractivity contribution in [3.63, 3.8) is 0 Å². The highest BCUT2D eigenvalue weighted by atomic mass is 16.1. The molecule has 4 rings (SSSR count). The summed E-state index contributed by atoms with van der Waals surface area (Å²) in [7, 11) is 0. The second-order valence-electron chi connectivity index (χ2n) is 10.2. The van der Waals surface area contributed by atoms with Crippen LogP contribution in [0.25, 0.3) is 0 Å². The average Bonchev–Trinajstić information content (AvgIpc) is 2.97. The van der Waals surface area contributed by atoms with Crippen molar-refractivity contribution in [2.75, 3.05) is 0 Å². The summed E-state index contributed by atoms with van der Waals surface area (Å²) in [6.07, 6.45) is 8.25. The number of rotatable bonds is 1. The van der Waals surface area contributed by atoms with E-state index < -0.39 is 0 Å². The molecule has 4 bridgehead atoms. The molecule has 0 unspecified atom stereocenters. The highest BCUT2D eigenvalue weighted by Crippen LogP contribution is 2.67. The van der Waals surface area contributed by atoms with Crippen LogP contribution in [0.3, 0.4) is 0 Å². The van der Waals surface area contributed by atoms with Crippen LogP contribution in [0.2, 0.25) is 0 Å². The van der Waals surface area contributed by atoms with Crippen molar-refractivity contribution >= 4 is 11.6 Å². The third kappa shape index (κ3) is 1.50. The molecule has 0 heterocycles. The van der Waals surface area contributed by atoms with E-state index in [4.69, 9.17) is 0 Å². The van der Waals surface area contributed by atoms with E-state index in [0.717, 1.165) is 36.8 Å². The molecular weight excluding hydrogens is 296 g/mol. The summed E-state index contributed by atoms with van der Waals surface area (Å²) in [6, 6.07) is 0. The monoisotopic (exact) mass is 326 g/mol. The number of hydrogen-bond donors (Lipinski definition) is 0. The quantitative estimate of drug-likeness (QED) is 0.643. The number of carbonyl (C=O) groups excluding carboxylic acids is 2. The molecule has 4 fully saturated rings. The molecule has 0 spiro atoms. The van der Waals surface area contributed by atoms with Crippen LogP contribution >= 0.6 is 0 Å². The average molecular weight is 326 g/mol. The van der Waals surface area contributed by atoms with E-state index in [-0.39, 0.29) is 21.7 Å².